The molecule has 0 aliphatic heterocycles. The molecule has 0 bridgehead atoms. The third-order valence-corrected chi connectivity index (χ3v) is 6.07. The van der Waals surface area contributed by atoms with Gasteiger partial charge in [-0.25, -0.2) is 5.43 Å². The van der Waals surface area contributed by atoms with E-state index in [1.807, 2.05) is 29.0 Å². The lowest BCUT2D eigenvalue weighted by molar-refractivity contribution is -0.118. The van der Waals surface area contributed by atoms with Gasteiger partial charge in [-0.05, 0) is 29.3 Å². The number of thioether (sulfide) groups is 1. The van der Waals surface area contributed by atoms with Gasteiger partial charge in [0.05, 0.1) is 12.0 Å². The first kappa shape index (κ1) is 21.3. The summed E-state index contributed by atoms with van der Waals surface area (Å²) in [7, 11) is 0. The fraction of sp³-hybridized carbons (Fsp3) is 0.333. The Morgan fingerprint density at radius 2 is 2.00 bits per heavy atom. The Labute approximate surface area is 179 Å². The molecular weight excluding hydrogens is 402 g/mol. The molecular formula is C21H25N5OS2. The minimum atomic E-state index is -0.176. The van der Waals surface area contributed by atoms with Gasteiger partial charge in [0.2, 0.25) is 0 Å². The van der Waals surface area contributed by atoms with E-state index >= 15 is 0 Å². The zero-order chi connectivity index (χ0) is 20.9. The number of hydrazone groups is 1. The fourth-order valence-corrected chi connectivity index (χ4v) is 4.09. The van der Waals surface area contributed by atoms with E-state index in [4.69, 9.17) is 0 Å². The van der Waals surface area contributed by atoms with Gasteiger partial charge in [0.25, 0.3) is 5.91 Å². The van der Waals surface area contributed by atoms with Crippen molar-refractivity contribution in [3.8, 4) is 11.4 Å². The Balaban J connectivity index is 1.64. The van der Waals surface area contributed by atoms with E-state index in [0.717, 1.165) is 28.0 Å². The molecule has 0 atom stereocenters. The number of carbonyl (C=O) groups excluding carboxylic acids is 1. The van der Waals surface area contributed by atoms with Gasteiger partial charge in [-0.1, -0.05) is 62.9 Å². The van der Waals surface area contributed by atoms with Crippen LogP contribution in [0.2, 0.25) is 0 Å². The van der Waals surface area contributed by atoms with Crippen LogP contribution in [0.4, 0.5) is 0 Å². The van der Waals surface area contributed by atoms with Gasteiger partial charge < -0.3 is 4.57 Å². The molecule has 2 aromatic heterocycles. The highest BCUT2D eigenvalue weighted by Crippen LogP contribution is 2.27. The molecule has 0 radical (unpaired) electrons. The summed E-state index contributed by atoms with van der Waals surface area (Å²) in [6.07, 6.45) is 1.64. The van der Waals surface area contributed by atoms with Crippen molar-refractivity contribution < 1.29 is 4.79 Å². The summed E-state index contributed by atoms with van der Waals surface area (Å²) in [6.45, 7) is 9.36. The lowest BCUT2D eigenvalue weighted by Gasteiger charge is -2.19. The molecule has 3 aromatic rings. The van der Waals surface area contributed by atoms with E-state index in [9.17, 15) is 4.79 Å². The zero-order valence-corrected chi connectivity index (χ0v) is 18.7. The molecule has 6 nitrogen and oxygen atoms in total. The molecule has 0 spiro atoms. The maximum Gasteiger partial charge on any atom is 0.250 e. The van der Waals surface area contributed by atoms with Crippen LogP contribution in [0.5, 0.6) is 0 Å². The summed E-state index contributed by atoms with van der Waals surface area (Å²) in [5.74, 6) is 0.860. The minimum Gasteiger partial charge on any atom is -0.302 e. The van der Waals surface area contributed by atoms with Crippen molar-refractivity contribution in [1.82, 2.24) is 20.2 Å². The third-order valence-electron chi connectivity index (χ3n) is 4.30. The van der Waals surface area contributed by atoms with Crippen LogP contribution in [-0.4, -0.2) is 32.6 Å². The average Bonchev–Trinajstić information content (AvgIpc) is 3.35. The van der Waals surface area contributed by atoms with Crippen LogP contribution in [0, 0.1) is 0 Å². The van der Waals surface area contributed by atoms with E-state index in [-0.39, 0.29) is 17.1 Å². The van der Waals surface area contributed by atoms with Gasteiger partial charge in [0, 0.05) is 17.0 Å². The maximum absolute atomic E-state index is 12.1. The zero-order valence-electron chi connectivity index (χ0n) is 17.0. The standard InChI is InChI=1S/C21H25N5OS2/c1-5-26-19(15-8-10-16(11-9-15)21(2,3)4)24-25-20(26)29-14-18(27)23-22-13-17-7-6-12-28-17/h6-13H,5,14H2,1-4H3,(H,23,27)/b22-13-. The quantitative estimate of drug-likeness (QED) is 0.341. The third kappa shape index (κ3) is 5.55. The predicted octanol–water partition coefficient (Wildman–Crippen LogP) is 4.57. The summed E-state index contributed by atoms with van der Waals surface area (Å²) in [5, 5.41) is 15.3. The van der Waals surface area contributed by atoms with Gasteiger partial charge in [0.1, 0.15) is 0 Å². The normalized spacial score (nSPS) is 11.9. The van der Waals surface area contributed by atoms with Crippen LogP contribution < -0.4 is 5.43 Å². The number of nitrogens with zero attached hydrogens (tertiary/aromatic N) is 4. The van der Waals surface area contributed by atoms with E-state index in [1.54, 1.807) is 17.6 Å². The van der Waals surface area contributed by atoms with Crippen molar-refractivity contribution in [2.24, 2.45) is 5.10 Å². The average molecular weight is 428 g/mol. The largest absolute Gasteiger partial charge is 0.302 e. The molecule has 1 aromatic carbocycles. The van der Waals surface area contributed by atoms with Gasteiger partial charge in [0.15, 0.2) is 11.0 Å². The number of hydrogen-bond donors (Lipinski definition) is 1. The molecule has 0 unspecified atom stereocenters. The Kier molecular flexibility index (Phi) is 6.87. The van der Waals surface area contributed by atoms with Crippen molar-refractivity contribution in [3.05, 3.63) is 52.2 Å². The van der Waals surface area contributed by atoms with Crippen LogP contribution in [0.15, 0.2) is 52.0 Å². The summed E-state index contributed by atoms with van der Waals surface area (Å²) in [5.41, 5.74) is 4.95. The fourth-order valence-electron chi connectivity index (χ4n) is 2.71. The van der Waals surface area contributed by atoms with Crippen LogP contribution in [-0.2, 0) is 16.8 Å². The summed E-state index contributed by atoms with van der Waals surface area (Å²) in [4.78, 5) is 13.0. The maximum atomic E-state index is 12.1. The molecule has 8 heteroatoms. The second-order valence-corrected chi connectivity index (χ2v) is 9.40. The Bertz CT molecular complexity index is 970. The summed E-state index contributed by atoms with van der Waals surface area (Å²) >= 11 is 2.92. The van der Waals surface area contributed by atoms with Crippen molar-refractivity contribution in [2.75, 3.05) is 5.75 Å². The number of amides is 1. The molecule has 2 heterocycles. The number of hydrogen-bond acceptors (Lipinski definition) is 6. The van der Waals surface area contributed by atoms with Gasteiger partial charge >= 0.3 is 0 Å². The van der Waals surface area contributed by atoms with Crippen molar-refractivity contribution >= 4 is 35.2 Å². The first-order valence-corrected chi connectivity index (χ1v) is 11.3. The van der Waals surface area contributed by atoms with Crippen molar-refractivity contribution in [3.63, 3.8) is 0 Å². The molecule has 0 saturated heterocycles. The highest BCUT2D eigenvalue weighted by molar-refractivity contribution is 7.99. The summed E-state index contributed by atoms with van der Waals surface area (Å²) in [6, 6.07) is 12.3. The Morgan fingerprint density at radius 3 is 2.62 bits per heavy atom. The molecule has 0 fully saturated rings. The van der Waals surface area contributed by atoms with Crippen molar-refractivity contribution in [1.29, 1.82) is 0 Å². The van der Waals surface area contributed by atoms with E-state index in [0.29, 0.717) is 0 Å². The lowest BCUT2D eigenvalue weighted by Crippen LogP contribution is -2.19. The molecule has 3 rings (SSSR count). The van der Waals surface area contributed by atoms with Crippen LogP contribution >= 0.6 is 23.1 Å². The molecule has 0 aliphatic rings. The molecule has 0 aliphatic carbocycles. The number of benzene rings is 1. The topological polar surface area (TPSA) is 72.2 Å². The number of aromatic nitrogens is 3. The van der Waals surface area contributed by atoms with Crippen molar-refractivity contribution in [2.45, 2.75) is 44.8 Å². The van der Waals surface area contributed by atoms with Crippen LogP contribution in [0.1, 0.15) is 38.1 Å². The smallest absolute Gasteiger partial charge is 0.250 e. The Hall–Kier alpha value is -2.45. The second-order valence-electron chi connectivity index (χ2n) is 7.48. The highest BCUT2D eigenvalue weighted by atomic mass is 32.2. The molecule has 152 valence electrons. The molecule has 0 saturated carbocycles. The monoisotopic (exact) mass is 427 g/mol. The predicted molar refractivity (Wildman–Crippen MR) is 121 cm³/mol. The minimum absolute atomic E-state index is 0.108. The first-order chi connectivity index (χ1) is 13.9. The van der Waals surface area contributed by atoms with Gasteiger partial charge in [-0.3, -0.25) is 4.79 Å². The highest BCUT2D eigenvalue weighted by Gasteiger charge is 2.17. The van der Waals surface area contributed by atoms with Crippen LogP contribution in [0.25, 0.3) is 11.4 Å². The van der Waals surface area contributed by atoms with Gasteiger partial charge in [-0.2, -0.15) is 5.10 Å². The number of nitrogens with one attached hydrogen (secondary N) is 1. The second kappa shape index (κ2) is 9.37. The van der Waals surface area contributed by atoms with E-state index < -0.39 is 0 Å². The Morgan fingerprint density at radius 1 is 1.24 bits per heavy atom. The van der Waals surface area contributed by atoms with Crippen LogP contribution in [0.3, 0.4) is 0 Å². The number of carbonyl (C=O) groups is 1. The van der Waals surface area contributed by atoms with Gasteiger partial charge in [-0.15, -0.1) is 21.5 Å². The van der Waals surface area contributed by atoms with E-state index in [1.165, 1.54) is 17.3 Å². The summed E-state index contributed by atoms with van der Waals surface area (Å²) < 4.78 is 2.03. The molecule has 1 N–H and O–H groups in total. The first-order valence-electron chi connectivity index (χ1n) is 9.41. The SMILES string of the molecule is CCn1c(SCC(=O)N/N=C\c2cccs2)nnc1-c1ccc(C(C)(C)C)cc1. The molecule has 29 heavy (non-hydrogen) atoms. The molecule has 1 amide bonds. The lowest BCUT2D eigenvalue weighted by atomic mass is 9.87. The number of thiophene rings is 1. The van der Waals surface area contributed by atoms with E-state index in [2.05, 4.69) is 65.8 Å². The number of rotatable bonds is 7.